The summed E-state index contributed by atoms with van der Waals surface area (Å²) in [6.07, 6.45) is 5.40. The van der Waals surface area contributed by atoms with Crippen molar-refractivity contribution in [3.05, 3.63) is 23.8 Å². The molecule has 1 aromatic rings. The zero-order valence-corrected chi connectivity index (χ0v) is 12.1. The molecule has 2 fully saturated rings. The van der Waals surface area contributed by atoms with Crippen LogP contribution in [0.25, 0.3) is 0 Å². The summed E-state index contributed by atoms with van der Waals surface area (Å²) < 4.78 is 17.0. The van der Waals surface area contributed by atoms with Crippen LogP contribution in [0.4, 0.5) is 0 Å². The van der Waals surface area contributed by atoms with Gasteiger partial charge in [-0.15, -0.1) is 0 Å². The smallest absolute Gasteiger partial charge is 0.235 e. The molecule has 1 unspecified atom stereocenters. The summed E-state index contributed by atoms with van der Waals surface area (Å²) in [6, 6.07) is 5.74. The van der Waals surface area contributed by atoms with Crippen LogP contribution in [0, 0.1) is 0 Å². The molecule has 1 heterocycles. The highest BCUT2D eigenvalue weighted by atomic mass is 16.5. The molecule has 1 saturated carbocycles. The highest BCUT2D eigenvalue weighted by Gasteiger charge is 2.47. The van der Waals surface area contributed by atoms with E-state index in [1.165, 1.54) is 0 Å². The summed E-state index contributed by atoms with van der Waals surface area (Å²) in [6.45, 7) is 1.40. The molecule has 0 radical (unpaired) electrons. The van der Waals surface area contributed by atoms with E-state index in [1.54, 1.807) is 13.2 Å². The van der Waals surface area contributed by atoms with E-state index in [9.17, 15) is 4.79 Å². The molecule has 1 aliphatic heterocycles. The number of methoxy groups -OCH3 is 1. The van der Waals surface area contributed by atoms with Crippen LogP contribution in [-0.4, -0.2) is 32.5 Å². The Labute approximate surface area is 123 Å². The number of carbonyl (C=O) groups excluding carboxylic acids is 1. The van der Waals surface area contributed by atoms with Crippen LogP contribution in [0.15, 0.2) is 23.2 Å². The van der Waals surface area contributed by atoms with E-state index in [0.717, 1.165) is 37.9 Å². The third-order valence-corrected chi connectivity index (χ3v) is 4.08. The molecule has 112 valence electrons. The van der Waals surface area contributed by atoms with Crippen LogP contribution in [-0.2, 0) is 15.1 Å². The van der Waals surface area contributed by atoms with Gasteiger partial charge >= 0.3 is 0 Å². The first kappa shape index (κ1) is 14.1. The van der Waals surface area contributed by atoms with Gasteiger partial charge in [0.2, 0.25) is 6.08 Å². The summed E-state index contributed by atoms with van der Waals surface area (Å²) in [5, 5.41) is 0. The lowest BCUT2D eigenvalue weighted by atomic mass is 10.0. The zero-order valence-electron chi connectivity index (χ0n) is 12.1. The van der Waals surface area contributed by atoms with Gasteiger partial charge in [0, 0.05) is 12.2 Å². The highest BCUT2D eigenvalue weighted by Crippen LogP contribution is 2.54. The Morgan fingerprint density at radius 1 is 1.43 bits per heavy atom. The first-order valence-corrected chi connectivity index (χ1v) is 7.30. The maximum atomic E-state index is 10.7. The number of hydrogen-bond acceptors (Lipinski definition) is 5. The van der Waals surface area contributed by atoms with Gasteiger partial charge in [0.15, 0.2) is 11.5 Å². The molecule has 5 nitrogen and oxygen atoms in total. The zero-order chi connectivity index (χ0) is 14.7. The second-order valence-electron chi connectivity index (χ2n) is 5.53. The molecular formula is C16H19NO4. The van der Waals surface area contributed by atoms with Crippen LogP contribution >= 0.6 is 0 Å². The van der Waals surface area contributed by atoms with Crippen molar-refractivity contribution in [2.75, 3.05) is 20.3 Å². The number of hydrogen-bond donors (Lipinski definition) is 0. The monoisotopic (exact) mass is 289 g/mol. The lowest BCUT2D eigenvalue weighted by Gasteiger charge is -2.25. The van der Waals surface area contributed by atoms with Crippen LogP contribution < -0.4 is 9.47 Å². The predicted octanol–water partition coefficient (Wildman–Crippen LogP) is 2.58. The summed E-state index contributed by atoms with van der Waals surface area (Å²) in [7, 11) is 1.61. The van der Waals surface area contributed by atoms with Crippen LogP contribution in [0.1, 0.15) is 31.2 Å². The molecule has 1 saturated heterocycles. The van der Waals surface area contributed by atoms with Gasteiger partial charge in [-0.3, -0.25) is 0 Å². The average molecular weight is 289 g/mol. The topological polar surface area (TPSA) is 57.1 Å². The first-order chi connectivity index (χ1) is 10.3. The van der Waals surface area contributed by atoms with Crippen LogP contribution in [0.5, 0.6) is 11.5 Å². The summed E-state index contributed by atoms with van der Waals surface area (Å²) in [5.41, 5.74) is 0.442. The van der Waals surface area contributed by atoms with E-state index < -0.39 is 5.54 Å². The van der Waals surface area contributed by atoms with E-state index in [2.05, 4.69) is 4.99 Å². The van der Waals surface area contributed by atoms with Crippen molar-refractivity contribution in [3.8, 4) is 11.5 Å². The number of para-hydroxylation sites is 1. The molecule has 0 spiro atoms. The van der Waals surface area contributed by atoms with Crippen molar-refractivity contribution in [2.45, 2.75) is 37.3 Å². The fourth-order valence-electron chi connectivity index (χ4n) is 2.82. The molecular weight excluding hydrogens is 270 g/mol. The largest absolute Gasteiger partial charge is 0.492 e. The van der Waals surface area contributed by atoms with Crippen molar-refractivity contribution >= 4 is 6.08 Å². The summed E-state index contributed by atoms with van der Waals surface area (Å²) in [5.74, 6) is 1.36. The summed E-state index contributed by atoms with van der Waals surface area (Å²) in [4.78, 5) is 14.6. The van der Waals surface area contributed by atoms with Gasteiger partial charge in [0.05, 0.1) is 13.7 Å². The molecule has 2 aliphatic rings. The Hall–Kier alpha value is -1.84. The van der Waals surface area contributed by atoms with Gasteiger partial charge in [-0.2, -0.15) is 4.99 Å². The van der Waals surface area contributed by atoms with E-state index in [-0.39, 0.29) is 6.10 Å². The SMILES string of the molecule is COc1c(OC2CCCOC2)cccc1C1(N=C=O)CC1. The second-order valence-corrected chi connectivity index (χ2v) is 5.53. The molecule has 1 atom stereocenters. The molecule has 1 aromatic carbocycles. The predicted molar refractivity (Wildman–Crippen MR) is 76.5 cm³/mol. The quantitative estimate of drug-likeness (QED) is 0.617. The van der Waals surface area contributed by atoms with Crippen molar-refractivity contribution in [3.63, 3.8) is 0 Å². The van der Waals surface area contributed by atoms with Crippen molar-refractivity contribution < 1.29 is 19.0 Å². The highest BCUT2D eigenvalue weighted by molar-refractivity contribution is 5.53. The molecule has 3 rings (SSSR count). The van der Waals surface area contributed by atoms with E-state index in [1.807, 2.05) is 18.2 Å². The minimum atomic E-state index is -0.463. The number of isocyanates is 1. The van der Waals surface area contributed by atoms with Crippen molar-refractivity contribution in [1.29, 1.82) is 0 Å². The number of rotatable bonds is 5. The van der Waals surface area contributed by atoms with Crippen LogP contribution in [0.3, 0.4) is 0 Å². The Kier molecular flexibility index (Phi) is 3.95. The number of aliphatic imine (C=N–C) groups is 1. The first-order valence-electron chi connectivity index (χ1n) is 7.30. The Bertz CT molecular complexity index is 555. The lowest BCUT2D eigenvalue weighted by molar-refractivity contribution is 0.00637. The fourth-order valence-corrected chi connectivity index (χ4v) is 2.82. The van der Waals surface area contributed by atoms with Crippen molar-refractivity contribution in [2.24, 2.45) is 4.99 Å². The summed E-state index contributed by atoms with van der Waals surface area (Å²) >= 11 is 0. The standard InChI is InChI=1S/C16H19NO4/c1-19-15-13(16(7-8-16)17-11-18)5-2-6-14(15)21-12-4-3-9-20-10-12/h2,5-6,12H,3-4,7-10H2,1H3. The molecule has 0 amide bonds. The molecule has 0 bridgehead atoms. The maximum Gasteiger partial charge on any atom is 0.235 e. The van der Waals surface area contributed by atoms with Gasteiger partial charge in [-0.1, -0.05) is 12.1 Å². The molecule has 1 aliphatic carbocycles. The van der Waals surface area contributed by atoms with Crippen molar-refractivity contribution in [1.82, 2.24) is 0 Å². The Morgan fingerprint density at radius 2 is 2.29 bits per heavy atom. The molecule has 0 N–H and O–H groups in total. The normalized spacial score (nSPS) is 23.0. The fraction of sp³-hybridized carbons (Fsp3) is 0.562. The van der Waals surface area contributed by atoms with Gasteiger partial charge < -0.3 is 14.2 Å². The number of benzene rings is 1. The van der Waals surface area contributed by atoms with Gasteiger partial charge in [-0.05, 0) is 31.7 Å². The van der Waals surface area contributed by atoms with Gasteiger partial charge in [0.1, 0.15) is 11.6 Å². The van der Waals surface area contributed by atoms with Gasteiger partial charge in [0.25, 0.3) is 0 Å². The molecule has 21 heavy (non-hydrogen) atoms. The Balaban J connectivity index is 1.89. The minimum Gasteiger partial charge on any atom is -0.492 e. The Morgan fingerprint density at radius 3 is 2.90 bits per heavy atom. The molecule has 5 heteroatoms. The second kappa shape index (κ2) is 5.88. The lowest BCUT2D eigenvalue weighted by Crippen LogP contribution is -2.28. The molecule has 0 aromatic heterocycles. The average Bonchev–Trinajstić information content (AvgIpc) is 3.29. The van der Waals surface area contributed by atoms with Gasteiger partial charge in [-0.25, -0.2) is 4.79 Å². The minimum absolute atomic E-state index is 0.0487. The van der Waals surface area contributed by atoms with Crippen LogP contribution in [0.2, 0.25) is 0 Å². The third-order valence-electron chi connectivity index (χ3n) is 4.08. The van der Waals surface area contributed by atoms with E-state index in [4.69, 9.17) is 14.2 Å². The van der Waals surface area contributed by atoms with E-state index >= 15 is 0 Å². The number of ether oxygens (including phenoxy) is 3. The van der Waals surface area contributed by atoms with E-state index in [0.29, 0.717) is 18.1 Å². The number of nitrogens with zero attached hydrogens (tertiary/aromatic N) is 1. The maximum absolute atomic E-state index is 10.7. The third kappa shape index (κ3) is 2.80.